The van der Waals surface area contributed by atoms with Crippen molar-refractivity contribution in [2.75, 3.05) is 20.7 Å². The number of aromatic nitrogens is 7. The fourth-order valence-electron chi connectivity index (χ4n) is 11.8. The molecule has 1 fully saturated rings. The Morgan fingerprint density at radius 2 is 1.48 bits per heavy atom. The first-order valence-electron chi connectivity index (χ1n) is 29.3. The number of carbonyl (C=O) groups is 8. The summed E-state index contributed by atoms with van der Waals surface area (Å²) in [5.41, 5.74) is 2.94. The van der Waals surface area contributed by atoms with E-state index in [1.54, 1.807) is 60.8 Å². The van der Waals surface area contributed by atoms with Gasteiger partial charge >= 0.3 is 11.9 Å². The zero-order valence-electron chi connectivity index (χ0n) is 52.2. The number of fused-ring (bicyclic) bond motifs is 13. The van der Waals surface area contributed by atoms with E-state index in [2.05, 4.69) is 48.1 Å². The second-order valence-electron chi connectivity index (χ2n) is 23.3. The number of aliphatic hydroxyl groups excluding tert-OH is 1. The van der Waals surface area contributed by atoms with Gasteiger partial charge in [-0.15, -0.1) is 56.7 Å². The number of aryl methyl sites for hydroxylation is 1. The fourth-order valence-corrected chi connectivity index (χ4v) is 15.9. The first-order chi connectivity index (χ1) is 45.5. The van der Waals surface area contributed by atoms with Gasteiger partial charge in [0.2, 0.25) is 5.91 Å². The summed E-state index contributed by atoms with van der Waals surface area (Å²) in [6.45, 7) is 11.7. The highest BCUT2D eigenvalue weighted by atomic mass is 32.1. The lowest BCUT2D eigenvalue weighted by molar-refractivity contribution is -0.327. The Bertz CT molecular complexity index is 4510. The molecule has 9 unspecified atom stereocenters. The molecule has 30 nitrogen and oxygen atoms in total. The SMILES string of the molecule is C=C(NC(=O)c1csc(-c2nc3c(cc2O)-c2nc(cs2)C(=O)NC(C(C)O)C(=O)NC(=CC)c2nc(cs2)C(=O)NC2CC(OC4(C)CC(C)(O)C(N(C)C)C(C)O4)C(=O)OCc4cccc5c4c(C)c(n5O)C(=O)OCC(NC(=O)c4csc2n4)c2nc-3cs2)n1)C(N)=O. The smallest absolute Gasteiger partial charge is 0.358 e. The highest BCUT2D eigenvalue weighted by Crippen LogP contribution is 2.43. The number of allylic oxidation sites excluding steroid dienone is 1. The van der Waals surface area contributed by atoms with Crippen LogP contribution in [0.2, 0.25) is 0 Å². The van der Waals surface area contributed by atoms with Gasteiger partial charge in [0.05, 0.1) is 46.8 Å². The number of aliphatic hydroxyl groups is 2. The molecule has 7 aromatic heterocycles. The van der Waals surface area contributed by atoms with Crippen LogP contribution in [-0.4, -0.2) is 170 Å². The zero-order chi connectivity index (χ0) is 69.0. The maximum absolute atomic E-state index is 15.0. The molecule has 35 heteroatoms. The summed E-state index contributed by atoms with van der Waals surface area (Å²) in [7, 11) is 3.58. The average Bonchev–Trinajstić information content (AvgIpc) is 1.61. The highest BCUT2D eigenvalue weighted by molar-refractivity contribution is 7.14. The van der Waals surface area contributed by atoms with Gasteiger partial charge in [-0.2, -0.15) is 4.73 Å². The van der Waals surface area contributed by atoms with Gasteiger partial charge < -0.3 is 76.7 Å². The van der Waals surface area contributed by atoms with Crippen LogP contribution in [0.4, 0.5) is 0 Å². The number of aromatic hydroxyl groups is 1. The summed E-state index contributed by atoms with van der Waals surface area (Å²) >= 11 is 4.65. The standard InChI is InChI=1S/C61H62N14O16S5/c1-10-30-54-69-35(20-94-54)49(80)65-31-15-40(91-61(7)23-60(6,86)46(74(8)9)27(5)90-61)58(84)88-16-28-12-11-13-38-41(28)24(2)45(75(38)87)59(85)89-17-32(66-50(81)36-21-95-55(31)70-36)56-67-33(18-93-56)43-29(53-68-37(19-92-53)51(82)73-42(26(4)76)52(83)64-30)14-39(77)44(72-43)57-71-34(22-96-57)48(79)63-25(3)47(62)78/h10-14,18-22,26-27,31-32,40,42,46,76-77,86-87H,3,15-17,23H2,1-2,4-9H3,(H2,62,78)(H,63,79)(H,64,83)(H,65,80)(H,66,81)(H,73,82). The van der Waals surface area contributed by atoms with Crippen molar-refractivity contribution in [2.24, 2.45) is 5.73 Å². The number of primary amides is 1. The van der Waals surface area contributed by atoms with Crippen LogP contribution in [0.15, 0.2) is 69.5 Å². The number of amides is 6. The van der Waals surface area contributed by atoms with Crippen molar-refractivity contribution in [3.63, 3.8) is 0 Å². The molecule has 502 valence electrons. The number of thiazole rings is 5. The molecule has 0 radical (unpaired) electrons. The molecule has 9 atom stereocenters. The number of nitrogens with one attached hydrogen (secondary N) is 5. The number of carbonyl (C=O) groups excluding carboxylic acids is 8. The van der Waals surface area contributed by atoms with Crippen LogP contribution in [0.5, 0.6) is 5.75 Å². The lowest BCUT2D eigenvalue weighted by atomic mass is 9.82. The molecule has 12 bridgehead atoms. The first kappa shape index (κ1) is 68.1. The summed E-state index contributed by atoms with van der Waals surface area (Å²) in [6, 6.07) is 1.19. The van der Waals surface area contributed by atoms with Gasteiger partial charge in [0.25, 0.3) is 29.5 Å². The molecular weight excluding hydrogens is 1350 g/mol. The Hall–Kier alpha value is -9.30. The van der Waals surface area contributed by atoms with Crippen molar-refractivity contribution in [3.05, 3.63) is 124 Å². The van der Waals surface area contributed by atoms with Gasteiger partial charge in [0.1, 0.15) is 95.9 Å². The van der Waals surface area contributed by atoms with Crippen LogP contribution in [0.1, 0.15) is 138 Å². The summed E-state index contributed by atoms with van der Waals surface area (Å²) in [4.78, 5) is 142. The summed E-state index contributed by atoms with van der Waals surface area (Å²) in [5.74, 6) is -9.56. The van der Waals surface area contributed by atoms with Crippen molar-refractivity contribution >= 4 is 121 Å². The van der Waals surface area contributed by atoms with E-state index in [0.29, 0.717) is 15.7 Å². The van der Waals surface area contributed by atoms with E-state index in [0.717, 1.165) is 56.7 Å². The molecule has 10 heterocycles. The predicted molar refractivity (Wildman–Crippen MR) is 349 cm³/mol. The maximum atomic E-state index is 15.0. The van der Waals surface area contributed by atoms with Gasteiger partial charge in [0.15, 0.2) is 17.6 Å². The Morgan fingerprint density at radius 3 is 2.16 bits per heavy atom. The number of pyridine rings is 1. The second-order valence-corrected chi connectivity index (χ2v) is 27.6. The first-order valence-corrected chi connectivity index (χ1v) is 33.7. The molecule has 8 aromatic rings. The van der Waals surface area contributed by atoms with E-state index in [4.69, 9.17) is 39.6 Å². The number of rotatable bonds is 8. The van der Waals surface area contributed by atoms with Crippen LogP contribution in [0, 0.1) is 6.92 Å². The monoisotopic (exact) mass is 1410 g/mol. The molecule has 3 aliphatic heterocycles. The zero-order valence-corrected chi connectivity index (χ0v) is 56.3. The number of hydrogen-bond acceptors (Lipinski definition) is 28. The predicted octanol–water partition coefficient (Wildman–Crippen LogP) is 5.11. The minimum Gasteiger partial charge on any atom is -0.506 e. The average molecular weight is 1410 g/mol. The Labute approximate surface area is 565 Å². The number of esters is 2. The number of cyclic esters (lactones) is 2. The normalized spacial score (nSPS) is 23.8. The molecule has 96 heavy (non-hydrogen) atoms. The van der Waals surface area contributed by atoms with E-state index in [9.17, 15) is 58.9 Å². The lowest BCUT2D eigenvalue weighted by Gasteiger charge is -2.52. The lowest BCUT2D eigenvalue weighted by Crippen LogP contribution is -2.64. The van der Waals surface area contributed by atoms with Crippen molar-refractivity contribution in [1.29, 1.82) is 0 Å². The molecule has 1 saturated heterocycles. The molecule has 11 rings (SSSR count). The largest absolute Gasteiger partial charge is 0.506 e. The Balaban J connectivity index is 1.07. The van der Waals surface area contributed by atoms with Crippen molar-refractivity contribution in [2.45, 2.75) is 115 Å². The quantitative estimate of drug-likeness (QED) is 0.0537. The van der Waals surface area contributed by atoms with E-state index in [-0.39, 0.29) is 99.4 Å². The van der Waals surface area contributed by atoms with Crippen LogP contribution in [0.3, 0.4) is 0 Å². The minimum atomic E-state index is -1.70. The maximum Gasteiger partial charge on any atom is 0.358 e. The van der Waals surface area contributed by atoms with E-state index in [1.165, 1.54) is 52.0 Å². The van der Waals surface area contributed by atoms with E-state index < -0.39 is 132 Å². The molecule has 3 aliphatic rings. The van der Waals surface area contributed by atoms with E-state index in [1.807, 2.05) is 4.90 Å². The molecule has 0 aliphatic carbocycles. The van der Waals surface area contributed by atoms with E-state index >= 15 is 0 Å². The third kappa shape index (κ3) is 13.8. The number of ether oxygens (including phenoxy) is 4. The van der Waals surface area contributed by atoms with Crippen LogP contribution in [0.25, 0.3) is 49.3 Å². The number of likely N-dealkylation sites (N-methyl/N-ethyl adjacent to an activating group) is 1. The topological polar surface area (TPSA) is 426 Å². The molecule has 11 N–H and O–H groups in total. The van der Waals surface area contributed by atoms with Crippen molar-refractivity contribution < 1.29 is 77.8 Å². The van der Waals surface area contributed by atoms with Crippen molar-refractivity contribution in [3.8, 4) is 38.4 Å². The summed E-state index contributed by atoms with van der Waals surface area (Å²) in [5, 5.41) is 67.4. The third-order valence-electron chi connectivity index (χ3n) is 15.9. The van der Waals surface area contributed by atoms with Gasteiger partial charge in [-0.25, -0.2) is 39.5 Å². The number of hydrogen-bond donors (Lipinski definition) is 10. The van der Waals surface area contributed by atoms with Crippen LogP contribution >= 0.6 is 56.7 Å². The van der Waals surface area contributed by atoms with Crippen molar-refractivity contribution in [1.82, 2.24) is 66.1 Å². The summed E-state index contributed by atoms with van der Waals surface area (Å²) in [6.07, 6.45) is -2.98. The number of nitrogens with zero attached hydrogens (tertiary/aromatic N) is 8. The number of benzene rings is 1. The Kier molecular flexibility index (Phi) is 19.2. The Morgan fingerprint density at radius 1 is 0.854 bits per heavy atom. The van der Waals surface area contributed by atoms with Crippen LogP contribution < -0.4 is 32.3 Å². The molecule has 6 amide bonds. The fraction of sp³-hybridized carbons (Fsp3) is 0.344. The molecule has 1 aromatic carbocycles. The van der Waals surface area contributed by atoms with Gasteiger partial charge in [-0.1, -0.05) is 24.8 Å². The highest BCUT2D eigenvalue weighted by Gasteiger charge is 2.53. The molecular formula is C61H62N14O16S5. The molecule has 0 saturated carbocycles. The molecule has 0 spiro atoms. The summed E-state index contributed by atoms with van der Waals surface area (Å²) < 4.78 is 25.9. The van der Waals surface area contributed by atoms with Gasteiger partial charge in [-0.3, -0.25) is 28.8 Å². The van der Waals surface area contributed by atoms with Gasteiger partial charge in [0, 0.05) is 50.7 Å². The second kappa shape index (κ2) is 27.1. The number of nitrogens with two attached hydrogens (primary N) is 1. The third-order valence-corrected chi connectivity index (χ3v) is 20.4. The minimum absolute atomic E-state index is 0.00159. The van der Waals surface area contributed by atoms with Crippen LogP contribution in [-0.2, 0) is 39.9 Å². The van der Waals surface area contributed by atoms with Gasteiger partial charge in [-0.05, 0) is 78.9 Å².